The topological polar surface area (TPSA) is 76.1 Å². The standard InChI is InChI=1S/C12H11F2NO5/c13-11(14)20-8-3-1-7(2-4-8)5-9-10(16)19-6-15(9)12(17)18/h1-4,9,11H,5-6H2,(H,17,18)/t9-/m0/s1. The Morgan fingerprint density at radius 3 is 2.65 bits per heavy atom. The van der Waals surface area contributed by atoms with Gasteiger partial charge in [0.1, 0.15) is 11.8 Å². The van der Waals surface area contributed by atoms with Crippen molar-refractivity contribution in [3.63, 3.8) is 0 Å². The molecular formula is C12H11F2NO5. The monoisotopic (exact) mass is 287 g/mol. The Balaban J connectivity index is 2.05. The van der Waals surface area contributed by atoms with Crippen LogP contribution in [-0.4, -0.2) is 41.5 Å². The van der Waals surface area contributed by atoms with Crippen LogP contribution in [0.15, 0.2) is 24.3 Å². The van der Waals surface area contributed by atoms with Crippen LogP contribution in [0.4, 0.5) is 13.6 Å². The van der Waals surface area contributed by atoms with E-state index in [1.807, 2.05) is 0 Å². The second-order valence-corrected chi connectivity index (χ2v) is 4.09. The number of benzene rings is 1. The summed E-state index contributed by atoms with van der Waals surface area (Å²) in [6.45, 7) is -3.21. The average Bonchev–Trinajstić information content (AvgIpc) is 2.73. The minimum atomic E-state index is -2.91. The molecule has 2 rings (SSSR count). The maximum absolute atomic E-state index is 12.0. The fourth-order valence-corrected chi connectivity index (χ4v) is 1.86. The summed E-state index contributed by atoms with van der Waals surface area (Å²) in [7, 11) is 0. The van der Waals surface area contributed by atoms with Crippen molar-refractivity contribution < 1.29 is 33.0 Å². The lowest BCUT2D eigenvalue weighted by Crippen LogP contribution is -2.38. The number of amides is 1. The van der Waals surface area contributed by atoms with Gasteiger partial charge in [0.2, 0.25) is 0 Å². The minimum absolute atomic E-state index is 0.00663. The van der Waals surface area contributed by atoms with E-state index in [9.17, 15) is 18.4 Å². The third kappa shape index (κ3) is 3.14. The van der Waals surface area contributed by atoms with E-state index in [1.165, 1.54) is 24.3 Å². The van der Waals surface area contributed by atoms with Crippen LogP contribution in [0.2, 0.25) is 0 Å². The molecule has 0 radical (unpaired) electrons. The average molecular weight is 287 g/mol. The Hall–Kier alpha value is -2.38. The van der Waals surface area contributed by atoms with Crippen LogP contribution in [0.5, 0.6) is 5.75 Å². The number of nitrogens with zero attached hydrogens (tertiary/aromatic N) is 1. The quantitative estimate of drug-likeness (QED) is 0.853. The summed E-state index contributed by atoms with van der Waals surface area (Å²) in [5, 5.41) is 8.91. The van der Waals surface area contributed by atoms with E-state index >= 15 is 0 Å². The summed E-state index contributed by atoms with van der Waals surface area (Å²) >= 11 is 0. The number of carbonyl (C=O) groups is 2. The van der Waals surface area contributed by atoms with E-state index in [0.29, 0.717) is 5.56 Å². The highest BCUT2D eigenvalue weighted by Gasteiger charge is 2.37. The molecule has 108 valence electrons. The Bertz CT molecular complexity index is 505. The number of carboxylic acid groups (broad SMARTS) is 1. The molecule has 0 aliphatic carbocycles. The summed E-state index contributed by atoms with van der Waals surface area (Å²) in [5.41, 5.74) is 0.613. The van der Waals surface area contributed by atoms with E-state index in [4.69, 9.17) is 5.11 Å². The SMILES string of the molecule is O=C1OCN(C(=O)O)[C@H]1Cc1ccc(OC(F)F)cc1. The first-order valence-electron chi connectivity index (χ1n) is 5.67. The van der Waals surface area contributed by atoms with Crippen molar-refractivity contribution in [3.05, 3.63) is 29.8 Å². The molecule has 0 saturated carbocycles. The van der Waals surface area contributed by atoms with Crippen LogP contribution in [0, 0.1) is 0 Å². The third-order valence-corrected chi connectivity index (χ3v) is 2.82. The number of hydrogen-bond donors (Lipinski definition) is 1. The van der Waals surface area contributed by atoms with E-state index in [2.05, 4.69) is 9.47 Å². The Morgan fingerprint density at radius 1 is 1.45 bits per heavy atom. The minimum Gasteiger partial charge on any atom is -0.465 e. The molecule has 0 bridgehead atoms. The van der Waals surface area contributed by atoms with Crippen LogP contribution < -0.4 is 4.74 Å². The van der Waals surface area contributed by atoms with Gasteiger partial charge in [0.15, 0.2) is 6.73 Å². The molecule has 0 aromatic heterocycles. The predicted molar refractivity (Wildman–Crippen MR) is 61.4 cm³/mol. The molecule has 20 heavy (non-hydrogen) atoms. The van der Waals surface area contributed by atoms with Gasteiger partial charge in [-0.2, -0.15) is 8.78 Å². The smallest absolute Gasteiger partial charge is 0.410 e. The Morgan fingerprint density at radius 2 is 2.10 bits per heavy atom. The molecule has 1 aliphatic rings. The van der Waals surface area contributed by atoms with Crippen molar-refractivity contribution in [2.75, 3.05) is 6.73 Å². The van der Waals surface area contributed by atoms with Gasteiger partial charge < -0.3 is 14.6 Å². The molecular weight excluding hydrogens is 276 g/mol. The number of ether oxygens (including phenoxy) is 2. The highest BCUT2D eigenvalue weighted by atomic mass is 19.3. The zero-order valence-corrected chi connectivity index (χ0v) is 10.2. The zero-order chi connectivity index (χ0) is 14.7. The lowest BCUT2D eigenvalue weighted by Gasteiger charge is -2.16. The van der Waals surface area contributed by atoms with Crippen LogP contribution in [0.1, 0.15) is 5.56 Å². The molecule has 1 aliphatic heterocycles. The van der Waals surface area contributed by atoms with Crippen molar-refractivity contribution in [2.45, 2.75) is 19.1 Å². The Labute approximate surface area is 112 Å². The van der Waals surface area contributed by atoms with Gasteiger partial charge >= 0.3 is 18.7 Å². The van der Waals surface area contributed by atoms with Crippen molar-refractivity contribution in [2.24, 2.45) is 0 Å². The molecule has 1 fully saturated rings. The molecule has 0 spiro atoms. The maximum atomic E-state index is 12.0. The van der Waals surface area contributed by atoms with Gasteiger partial charge in [0.05, 0.1) is 0 Å². The van der Waals surface area contributed by atoms with E-state index in [1.54, 1.807) is 0 Å². The summed E-state index contributed by atoms with van der Waals surface area (Å²) in [6.07, 6.45) is -1.14. The molecule has 1 aromatic carbocycles. The van der Waals surface area contributed by atoms with Gasteiger partial charge in [0.25, 0.3) is 0 Å². The Kier molecular flexibility index (Phi) is 4.02. The number of rotatable bonds is 4. The normalized spacial score (nSPS) is 18.2. The number of carbonyl (C=O) groups excluding carboxylic acids is 1. The van der Waals surface area contributed by atoms with Crippen molar-refractivity contribution in [3.8, 4) is 5.75 Å². The summed E-state index contributed by atoms with van der Waals surface area (Å²) in [6, 6.07) is 4.71. The van der Waals surface area contributed by atoms with E-state index < -0.39 is 24.7 Å². The zero-order valence-electron chi connectivity index (χ0n) is 10.2. The van der Waals surface area contributed by atoms with Gasteiger partial charge in [-0.15, -0.1) is 0 Å². The number of alkyl halides is 2. The van der Waals surface area contributed by atoms with Gasteiger partial charge in [-0.05, 0) is 17.7 Å². The second-order valence-electron chi connectivity index (χ2n) is 4.09. The summed E-state index contributed by atoms with van der Waals surface area (Å²) in [4.78, 5) is 23.2. The molecule has 1 saturated heterocycles. The summed E-state index contributed by atoms with van der Waals surface area (Å²) in [5.74, 6) is -0.631. The second kappa shape index (κ2) is 5.72. The molecule has 1 N–H and O–H groups in total. The van der Waals surface area contributed by atoms with Crippen LogP contribution in [-0.2, 0) is 16.0 Å². The first-order chi connectivity index (χ1) is 9.47. The third-order valence-electron chi connectivity index (χ3n) is 2.82. The number of hydrogen-bond acceptors (Lipinski definition) is 4. The maximum Gasteiger partial charge on any atom is 0.410 e. The number of cyclic esters (lactones) is 1. The molecule has 1 heterocycles. The van der Waals surface area contributed by atoms with Crippen molar-refractivity contribution in [1.29, 1.82) is 0 Å². The number of esters is 1. The first-order valence-corrected chi connectivity index (χ1v) is 5.67. The van der Waals surface area contributed by atoms with Crippen LogP contribution in [0.25, 0.3) is 0 Å². The predicted octanol–water partition coefficient (Wildman–Crippen LogP) is 1.69. The molecule has 6 nitrogen and oxygen atoms in total. The highest BCUT2D eigenvalue weighted by Crippen LogP contribution is 2.20. The van der Waals surface area contributed by atoms with Gasteiger partial charge in [-0.25, -0.2) is 9.59 Å². The summed E-state index contributed by atoms with van der Waals surface area (Å²) < 4.78 is 32.8. The van der Waals surface area contributed by atoms with E-state index in [-0.39, 0.29) is 18.9 Å². The molecule has 8 heteroatoms. The highest BCUT2D eigenvalue weighted by molar-refractivity contribution is 5.83. The first kappa shape index (κ1) is 14.0. The van der Waals surface area contributed by atoms with Crippen molar-refractivity contribution in [1.82, 2.24) is 4.90 Å². The lowest BCUT2D eigenvalue weighted by molar-refractivity contribution is -0.139. The molecule has 1 amide bonds. The lowest BCUT2D eigenvalue weighted by atomic mass is 10.1. The molecule has 1 aromatic rings. The van der Waals surface area contributed by atoms with Crippen LogP contribution >= 0.6 is 0 Å². The van der Waals surface area contributed by atoms with Gasteiger partial charge in [-0.3, -0.25) is 4.90 Å². The fourth-order valence-electron chi connectivity index (χ4n) is 1.86. The molecule has 0 unspecified atom stereocenters. The molecule has 1 atom stereocenters. The van der Waals surface area contributed by atoms with Crippen molar-refractivity contribution >= 4 is 12.1 Å². The van der Waals surface area contributed by atoms with Crippen LogP contribution in [0.3, 0.4) is 0 Å². The van der Waals surface area contributed by atoms with E-state index in [0.717, 1.165) is 4.90 Å². The van der Waals surface area contributed by atoms with Gasteiger partial charge in [0, 0.05) is 6.42 Å². The number of halogens is 2. The largest absolute Gasteiger partial charge is 0.465 e. The van der Waals surface area contributed by atoms with Gasteiger partial charge in [-0.1, -0.05) is 12.1 Å². The fraction of sp³-hybridized carbons (Fsp3) is 0.333.